The fraction of sp³-hybridized carbons (Fsp3) is 0.875. The zero-order chi connectivity index (χ0) is 14.6. The van der Waals surface area contributed by atoms with Crippen LogP contribution in [-0.2, 0) is 9.47 Å². The first-order chi connectivity index (χ1) is 9.68. The highest BCUT2D eigenvalue weighted by Gasteiger charge is 2.06. The first kappa shape index (κ1) is 17.6. The SMILES string of the molecule is CC(C)OCCOCC(O)CNCCC1=CCCCC1. The molecule has 0 fully saturated rings. The van der Waals surface area contributed by atoms with Gasteiger partial charge in [0.05, 0.1) is 32.0 Å². The van der Waals surface area contributed by atoms with Crippen LogP contribution in [0.4, 0.5) is 0 Å². The molecule has 0 heterocycles. The smallest absolute Gasteiger partial charge is 0.0897 e. The molecule has 0 radical (unpaired) electrons. The van der Waals surface area contributed by atoms with Gasteiger partial charge in [-0.25, -0.2) is 0 Å². The molecule has 0 aromatic rings. The van der Waals surface area contributed by atoms with Gasteiger partial charge in [0, 0.05) is 6.54 Å². The molecule has 0 aromatic carbocycles. The van der Waals surface area contributed by atoms with Crippen molar-refractivity contribution in [2.45, 2.75) is 58.2 Å². The summed E-state index contributed by atoms with van der Waals surface area (Å²) in [7, 11) is 0. The molecule has 4 nitrogen and oxygen atoms in total. The summed E-state index contributed by atoms with van der Waals surface area (Å²) in [6.07, 6.45) is 8.45. The van der Waals surface area contributed by atoms with Crippen molar-refractivity contribution in [3.05, 3.63) is 11.6 Å². The predicted molar refractivity (Wildman–Crippen MR) is 82.0 cm³/mol. The monoisotopic (exact) mass is 285 g/mol. The summed E-state index contributed by atoms with van der Waals surface area (Å²) >= 11 is 0. The van der Waals surface area contributed by atoms with E-state index in [0.717, 1.165) is 13.0 Å². The molecule has 2 N–H and O–H groups in total. The van der Waals surface area contributed by atoms with Crippen molar-refractivity contribution >= 4 is 0 Å². The van der Waals surface area contributed by atoms with E-state index in [1.165, 1.54) is 25.7 Å². The van der Waals surface area contributed by atoms with Crippen molar-refractivity contribution in [1.29, 1.82) is 0 Å². The zero-order valence-electron chi connectivity index (χ0n) is 13.1. The van der Waals surface area contributed by atoms with Crippen molar-refractivity contribution in [1.82, 2.24) is 5.32 Å². The van der Waals surface area contributed by atoms with E-state index in [0.29, 0.717) is 26.4 Å². The fourth-order valence-corrected chi connectivity index (χ4v) is 2.27. The van der Waals surface area contributed by atoms with Crippen LogP contribution in [0.3, 0.4) is 0 Å². The van der Waals surface area contributed by atoms with E-state index < -0.39 is 6.10 Å². The van der Waals surface area contributed by atoms with Gasteiger partial charge >= 0.3 is 0 Å². The van der Waals surface area contributed by atoms with Crippen LogP contribution in [0.25, 0.3) is 0 Å². The maximum atomic E-state index is 9.75. The van der Waals surface area contributed by atoms with E-state index in [4.69, 9.17) is 9.47 Å². The number of nitrogens with one attached hydrogen (secondary N) is 1. The van der Waals surface area contributed by atoms with E-state index in [1.54, 1.807) is 5.57 Å². The quantitative estimate of drug-likeness (QED) is 0.452. The molecule has 1 atom stereocenters. The third-order valence-electron chi connectivity index (χ3n) is 3.38. The molecular formula is C16H31NO3. The molecule has 0 aliphatic heterocycles. The summed E-state index contributed by atoms with van der Waals surface area (Å²) < 4.78 is 10.7. The van der Waals surface area contributed by atoms with Gasteiger partial charge in [0.15, 0.2) is 0 Å². The van der Waals surface area contributed by atoms with Gasteiger partial charge < -0.3 is 19.9 Å². The highest BCUT2D eigenvalue weighted by Crippen LogP contribution is 2.19. The van der Waals surface area contributed by atoms with Gasteiger partial charge in [-0.2, -0.15) is 0 Å². The normalized spacial score (nSPS) is 17.3. The molecule has 118 valence electrons. The topological polar surface area (TPSA) is 50.7 Å². The summed E-state index contributed by atoms with van der Waals surface area (Å²) in [6, 6.07) is 0. The maximum absolute atomic E-state index is 9.75. The molecule has 4 heteroatoms. The van der Waals surface area contributed by atoms with Gasteiger partial charge in [0.1, 0.15) is 0 Å². The number of ether oxygens (including phenoxy) is 2. The minimum Gasteiger partial charge on any atom is -0.389 e. The molecule has 1 unspecified atom stereocenters. The lowest BCUT2D eigenvalue weighted by atomic mass is 9.97. The van der Waals surface area contributed by atoms with Gasteiger partial charge in [-0.15, -0.1) is 0 Å². The van der Waals surface area contributed by atoms with Gasteiger partial charge in [-0.1, -0.05) is 11.6 Å². The van der Waals surface area contributed by atoms with Crippen molar-refractivity contribution in [3.8, 4) is 0 Å². The summed E-state index contributed by atoms with van der Waals surface area (Å²) in [5, 5.41) is 13.0. The van der Waals surface area contributed by atoms with Crippen LogP contribution in [0.5, 0.6) is 0 Å². The Morgan fingerprint density at radius 3 is 2.85 bits per heavy atom. The van der Waals surface area contributed by atoms with Crippen molar-refractivity contribution in [2.24, 2.45) is 0 Å². The summed E-state index contributed by atoms with van der Waals surface area (Å²) in [6.45, 7) is 7.05. The van der Waals surface area contributed by atoms with E-state index in [9.17, 15) is 5.11 Å². The lowest BCUT2D eigenvalue weighted by molar-refractivity contribution is -0.00989. The maximum Gasteiger partial charge on any atom is 0.0897 e. The lowest BCUT2D eigenvalue weighted by Crippen LogP contribution is -2.31. The van der Waals surface area contributed by atoms with Crippen molar-refractivity contribution < 1.29 is 14.6 Å². The second-order valence-corrected chi connectivity index (χ2v) is 5.71. The van der Waals surface area contributed by atoms with Crippen LogP contribution in [0.15, 0.2) is 11.6 Å². The van der Waals surface area contributed by atoms with Crippen LogP contribution in [0, 0.1) is 0 Å². The van der Waals surface area contributed by atoms with Crippen molar-refractivity contribution in [3.63, 3.8) is 0 Å². The van der Waals surface area contributed by atoms with Gasteiger partial charge in [0.25, 0.3) is 0 Å². The number of rotatable bonds is 11. The van der Waals surface area contributed by atoms with Crippen LogP contribution in [0.2, 0.25) is 0 Å². The number of allylic oxidation sites excluding steroid dienone is 1. The van der Waals surface area contributed by atoms with Gasteiger partial charge in [0.2, 0.25) is 0 Å². The Morgan fingerprint density at radius 1 is 1.30 bits per heavy atom. The highest BCUT2D eigenvalue weighted by atomic mass is 16.5. The molecule has 0 spiro atoms. The number of aliphatic hydroxyl groups excluding tert-OH is 1. The van der Waals surface area contributed by atoms with Crippen LogP contribution >= 0.6 is 0 Å². The second kappa shape index (κ2) is 11.3. The molecule has 0 aromatic heterocycles. The Labute approximate surface area is 123 Å². The number of hydrogen-bond acceptors (Lipinski definition) is 4. The van der Waals surface area contributed by atoms with Gasteiger partial charge in [-0.3, -0.25) is 0 Å². The molecule has 1 aliphatic carbocycles. The molecular weight excluding hydrogens is 254 g/mol. The van der Waals surface area contributed by atoms with E-state index >= 15 is 0 Å². The number of hydrogen-bond donors (Lipinski definition) is 2. The molecule has 1 rings (SSSR count). The Morgan fingerprint density at radius 2 is 2.15 bits per heavy atom. The first-order valence-corrected chi connectivity index (χ1v) is 7.94. The second-order valence-electron chi connectivity index (χ2n) is 5.71. The molecule has 1 aliphatic rings. The lowest BCUT2D eigenvalue weighted by Gasteiger charge is -2.15. The molecule has 0 saturated heterocycles. The van der Waals surface area contributed by atoms with Gasteiger partial charge in [-0.05, 0) is 52.5 Å². The third kappa shape index (κ3) is 9.48. The standard InChI is InChI=1S/C16H31NO3/c1-14(2)20-11-10-19-13-16(18)12-17-9-8-15-6-4-3-5-7-15/h6,14,16-18H,3-5,7-13H2,1-2H3. The molecule has 0 amide bonds. The van der Waals surface area contributed by atoms with Crippen LogP contribution < -0.4 is 5.32 Å². The first-order valence-electron chi connectivity index (χ1n) is 7.94. The number of aliphatic hydroxyl groups is 1. The highest BCUT2D eigenvalue weighted by molar-refractivity contribution is 5.05. The molecule has 0 bridgehead atoms. The van der Waals surface area contributed by atoms with Crippen molar-refractivity contribution in [2.75, 3.05) is 32.9 Å². The largest absolute Gasteiger partial charge is 0.389 e. The Bertz CT molecular complexity index is 266. The average Bonchev–Trinajstić information content (AvgIpc) is 2.44. The molecule has 20 heavy (non-hydrogen) atoms. The van der Waals surface area contributed by atoms with Crippen LogP contribution in [0.1, 0.15) is 46.0 Å². The summed E-state index contributed by atoms with van der Waals surface area (Å²) in [5.74, 6) is 0. The predicted octanol–water partition coefficient (Wildman–Crippen LogP) is 2.27. The third-order valence-corrected chi connectivity index (χ3v) is 3.38. The Kier molecular flexibility index (Phi) is 9.93. The fourth-order valence-electron chi connectivity index (χ4n) is 2.27. The minimum atomic E-state index is -0.436. The average molecular weight is 285 g/mol. The van der Waals surface area contributed by atoms with E-state index in [1.807, 2.05) is 13.8 Å². The molecule has 0 saturated carbocycles. The zero-order valence-corrected chi connectivity index (χ0v) is 13.1. The van der Waals surface area contributed by atoms with Crippen LogP contribution in [-0.4, -0.2) is 50.2 Å². The minimum absolute atomic E-state index is 0.235. The summed E-state index contributed by atoms with van der Waals surface area (Å²) in [5.41, 5.74) is 1.57. The Hall–Kier alpha value is -0.420. The van der Waals surface area contributed by atoms with E-state index in [2.05, 4.69) is 11.4 Å². The Balaban J connectivity index is 1.89. The summed E-state index contributed by atoms with van der Waals surface area (Å²) in [4.78, 5) is 0. The van der Waals surface area contributed by atoms with E-state index in [-0.39, 0.29) is 6.10 Å².